The Morgan fingerprint density at radius 3 is 2.00 bits per heavy atom. The fourth-order valence-corrected chi connectivity index (χ4v) is 2.53. The van der Waals surface area contributed by atoms with Gasteiger partial charge in [0.05, 0.1) is 20.8 Å². The van der Waals surface area contributed by atoms with E-state index < -0.39 is 0 Å². The first-order valence-electron chi connectivity index (χ1n) is 7.54. The van der Waals surface area contributed by atoms with Gasteiger partial charge in [-0.15, -0.1) is 0 Å². The largest absolute Gasteiger partial charge is 0.496 e. The van der Waals surface area contributed by atoms with Crippen LogP contribution < -0.4 is 9.47 Å². The summed E-state index contributed by atoms with van der Waals surface area (Å²) in [6, 6.07) is 5.22. The minimum atomic E-state index is -0.338. The first-order valence-corrected chi connectivity index (χ1v) is 7.54. The summed E-state index contributed by atoms with van der Waals surface area (Å²) in [6.07, 6.45) is -0.338. The monoisotopic (exact) mass is 322 g/mol. The lowest BCUT2D eigenvalue weighted by atomic mass is 10.1. The molecule has 1 aliphatic heterocycles. The van der Waals surface area contributed by atoms with Crippen molar-refractivity contribution in [2.75, 3.05) is 47.0 Å². The van der Waals surface area contributed by atoms with Gasteiger partial charge in [-0.25, -0.2) is 4.79 Å². The normalized spacial score (nSPS) is 14.4. The van der Waals surface area contributed by atoms with Crippen LogP contribution in [0.1, 0.15) is 17.3 Å². The standard InChI is InChI=1S/C16H22N2O5/c1-4-23-16(20)18-10-8-17(9-11-18)15(19)14-12(21-2)6-5-7-13(14)22-3/h5-7H,4,8-11H2,1-3H3. The number of amides is 2. The number of carbonyl (C=O) groups excluding carboxylic acids is 2. The molecular formula is C16H22N2O5. The molecule has 126 valence electrons. The van der Waals surface area contributed by atoms with E-state index in [1.165, 1.54) is 14.2 Å². The molecule has 2 amide bonds. The smallest absolute Gasteiger partial charge is 0.409 e. The maximum atomic E-state index is 12.8. The molecule has 0 bridgehead atoms. The molecule has 1 saturated heterocycles. The summed E-state index contributed by atoms with van der Waals surface area (Å²) in [5, 5.41) is 0. The van der Waals surface area contributed by atoms with E-state index in [1.807, 2.05) is 0 Å². The number of benzene rings is 1. The van der Waals surface area contributed by atoms with Crippen molar-refractivity contribution in [1.82, 2.24) is 9.80 Å². The van der Waals surface area contributed by atoms with Gasteiger partial charge >= 0.3 is 6.09 Å². The highest BCUT2D eigenvalue weighted by Crippen LogP contribution is 2.29. The Morgan fingerprint density at radius 1 is 1.00 bits per heavy atom. The third-order valence-corrected chi connectivity index (χ3v) is 3.73. The molecule has 0 radical (unpaired) electrons. The van der Waals surface area contributed by atoms with E-state index in [0.29, 0.717) is 49.8 Å². The van der Waals surface area contributed by atoms with Crippen molar-refractivity contribution in [2.24, 2.45) is 0 Å². The number of piperazine rings is 1. The summed E-state index contributed by atoms with van der Waals surface area (Å²) in [5.41, 5.74) is 0.405. The van der Waals surface area contributed by atoms with E-state index in [0.717, 1.165) is 0 Å². The average molecular weight is 322 g/mol. The van der Waals surface area contributed by atoms with Gasteiger partial charge in [0.25, 0.3) is 5.91 Å². The molecule has 1 aromatic rings. The highest BCUT2D eigenvalue weighted by atomic mass is 16.6. The van der Waals surface area contributed by atoms with Crippen LogP contribution in [-0.2, 0) is 4.74 Å². The molecule has 0 N–H and O–H groups in total. The molecule has 0 unspecified atom stereocenters. The maximum absolute atomic E-state index is 12.8. The van der Waals surface area contributed by atoms with Gasteiger partial charge in [0.1, 0.15) is 17.1 Å². The third kappa shape index (κ3) is 3.67. The van der Waals surface area contributed by atoms with E-state index >= 15 is 0 Å². The number of carbonyl (C=O) groups is 2. The number of hydrogen-bond donors (Lipinski definition) is 0. The van der Waals surface area contributed by atoms with Gasteiger partial charge < -0.3 is 24.0 Å². The predicted octanol–water partition coefficient (Wildman–Crippen LogP) is 1.62. The topological polar surface area (TPSA) is 68.3 Å². The molecular weight excluding hydrogens is 300 g/mol. The first kappa shape index (κ1) is 16.9. The SMILES string of the molecule is CCOC(=O)N1CCN(C(=O)c2c(OC)cccc2OC)CC1. The van der Waals surface area contributed by atoms with Crippen LogP contribution in [0, 0.1) is 0 Å². The Bertz CT molecular complexity index is 545. The van der Waals surface area contributed by atoms with Crippen LogP contribution in [-0.4, -0.2) is 68.8 Å². The molecule has 1 heterocycles. The number of hydrogen-bond acceptors (Lipinski definition) is 5. The zero-order valence-electron chi connectivity index (χ0n) is 13.7. The van der Waals surface area contributed by atoms with Crippen LogP contribution in [0.5, 0.6) is 11.5 Å². The van der Waals surface area contributed by atoms with Gasteiger partial charge in [-0.2, -0.15) is 0 Å². The van der Waals surface area contributed by atoms with Crippen molar-refractivity contribution in [3.05, 3.63) is 23.8 Å². The van der Waals surface area contributed by atoms with Gasteiger partial charge in [0, 0.05) is 26.2 Å². The molecule has 2 rings (SSSR count). The summed E-state index contributed by atoms with van der Waals surface area (Å²) in [4.78, 5) is 27.8. The second kappa shape index (κ2) is 7.71. The van der Waals surface area contributed by atoms with E-state index in [1.54, 1.807) is 34.9 Å². The van der Waals surface area contributed by atoms with Crippen LogP contribution in [0.2, 0.25) is 0 Å². The van der Waals surface area contributed by atoms with Crippen molar-refractivity contribution in [2.45, 2.75) is 6.92 Å². The second-order valence-corrected chi connectivity index (χ2v) is 5.02. The van der Waals surface area contributed by atoms with Crippen molar-refractivity contribution >= 4 is 12.0 Å². The lowest BCUT2D eigenvalue weighted by molar-refractivity contribution is 0.0565. The minimum Gasteiger partial charge on any atom is -0.496 e. The molecule has 7 nitrogen and oxygen atoms in total. The molecule has 1 aromatic carbocycles. The fourth-order valence-electron chi connectivity index (χ4n) is 2.53. The van der Waals surface area contributed by atoms with Gasteiger partial charge in [-0.1, -0.05) is 6.07 Å². The van der Waals surface area contributed by atoms with Crippen LogP contribution in [0.4, 0.5) is 4.79 Å². The summed E-state index contributed by atoms with van der Waals surface area (Å²) in [7, 11) is 3.04. The Morgan fingerprint density at radius 2 is 1.52 bits per heavy atom. The highest BCUT2D eigenvalue weighted by molar-refractivity contribution is 5.99. The Labute approximate surface area is 135 Å². The van der Waals surface area contributed by atoms with E-state index in [2.05, 4.69) is 0 Å². The van der Waals surface area contributed by atoms with Crippen molar-refractivity contribution < 1.29 is 23.8 Å². The number of methoxy groups -OCH3 is 2. The van der Waals surface area contributed by atoms with Gasteiger partial charge in [-0.3, -0.25) is 4.79 Å². The van der Waals surface area contributed by atoms with Crippen LogP contribution in [0.25, 0.3) is 0 Å². The maximum Gasteiger partial charge on any atom is 0.409 e. The molecule has 0 saturated carbocycles. The summed E-state index contributed by atoms with van der Waals surface area (Å²) < 4.78 is 15.5. The first-order chi connectivity index (χ1) is 11.1. The average Bonchev–Trinajstić information content (AvgIpc) is 2.60. The number of nitrogens with zero attached hydrogens (tertiary/aromatic N) is 2. The fraction of sp³-hybridized carbons (Fsp3) is 0.500. The van der Waals surface area contributed by atoms with Crippen LogP contribution in [0.15, 0.2) is 18.2 Å². The Kier molecular flexibility index (Phi) is 5.67. The van der Waals surface area contributed by atoms with Gasteiger partial charge in [0.2, 0.25) is 0 Å². The van der Waals surface area contributed by atoms with Gasteiger partial charge in [-0.05, 0) is 19.1 Å². The summed E-state index contributed by atoms with van der Waals surface area (Å²) in [5.74, 6) is 0.784. The minimum absolute atomic E-state index is 0.164. The molecule has 0 spiro atoms. The Hall–Kier alpha value is -2.44. The van der Waals surface area contributed by atoms with E-state index in [4.69, 9.17) is 14.2 Å². The highest BCUT2D eigenvalue weighted by Gasteiger charge is 2.28. The Balaban J connectivity index is 2.10. The summed E-state index contributed by atoms with van der Waals surface area (Å²) in [6.45, 7) is 3.89. The molecule has 7 heteroatoms. The second-order valence-electron chi connectivity index (χ2n) is 5.02. The molecule has 0 atom stereocenters. The predicted molar refractivity (Wildman–Crippen MR) is 84.0 cm³/mol. The quantitative estimate of drug-likeness (QED) is 0.842. The number of rotatable bonds is 4. The number of ether oxygens (including phenoxy) is 3. The lowest BCUT2D eigenvalue weighted by Crippen LogP contribution is -2.50. The van der Waals surface area contributed by atoms with Crippen molar-refractivity contribution in [3.8, 4) is 11.5 Å². The molecule has 1 fully saturated rings. The van der Waals surface area contributed by atoms with E-state index in [-0.39, 0.29) is 12.0 Å². The van der Waals surface area contributed by atoms with E-state index in [9.17, 15) is 9.59 Å². The third-order valence-electron chi connectivity index (χ3n) is 3.73. The lowest BCUT2D eigenvalue weighted by Gasteiger charge is -2.34. The van der Waals surface area contributed by atoms with Gasteiger partial charge in [0.15, 0.2) is 0 Å². The molecule has 0 aromatic heterocycles. The van der Waals surface area contributed by atoms with Crippen molar-refractivity contribution in [3.63, 3.8) is 0 Å². The van der Waals surface area contributed by atoms with Crippen molar-refractivity contribution in [1.29, 1.82) is 0 Å². The summed E-state index contributed by atoms with van der Waals surface area (Å²) >= 11 is 0. The van der Waals surface area contributed by atoms with Crippen LogP contribution in [0.3, 0.4) is 0 Å². The zero-order valence-corrected chi connectivity index (χ0v) is 13.7. The van der Waals surface area contributed by atoms with Crippen LogP contribution >= 0.6 is 0 Å². The molecule has 0 aliphatic carbocycles. The molecule has 1 aliphatic rings. The molecule has 23 heavy (non-hydrogen) atoms. The zero-order chi connectivity index (χ0) is 16.8.